The summed E-state index contributed by atoms with van der Waals surface area (Å²) in [6, 6.07) is 17.2. The molecular weight excluding hydrogens is 382 g/mol. The first kappa shape index (κ1) is 18.1. The molecular formula is C22H19N5O3. The quantitative estimate of drug-likeness (QED) is 0.511. The summed E-state index contributed by atoms with van der Waals surface area (Å²) < 4.78 is 13.2. The third-order valence-electron chi connectivity index (χ3n) is 4.96. The highest BCUT2D eigenvalue weighted by atomic mass is 16.5. The molecule has 0 bridgehead atoms. The smallest absolute Gasteiger partial charge is 0.262 e. The van der Waals surface area contributed by atoms with Crippen LogP contribution in [0.2, 0.25) is 0 Å². The maximum absolute atomic E-state index is 12.4. The van der Waals surface area contributed by atoms with Gasteiger partial charge in [0.2, 0.25) is 5.82 Å². The number of para-hydroxylation sites is 1. The van der Waals surface area contributed by atoms with Crippen LogP contribution in [0.15, 0.2) is 71.5 Å². The molecule has 150 valence electrons. The average Bonchev–Trinajstić information content (AvgIpc) is 3.40. The van der Waals surface area contributed by atoms with E-state index in [-0.39, 0.29) is 12.0 Å². The highest BCUT2D eigenvalue weighted by Crippen LogP contribution is 2.32. The zero-order valence-electron chi connectivity index (χ0n) is 16.3. The van der Waals surface area contributed by atoms with Crippen LogP contribution in [0.1, 0.15) is 10.4 Å². The lowest BCUT2D eigenvalue weighted by atomic mass is 10.1. The van der Waals surface area contributed by atoms with E-state index in [0.717, 1.165) is 11.1 Å². The standard InChI is InChI=1S/C22H19N5O3/c1-26-12-16(11-23-26)22(28)27-13-17(14-27)29-19-10-6-5-9-18(19)21-24-20(25-30-21)15-7-3-2-4-8-15/h2-12,17H,13-14H2,1H3. The summed E-state index contributed by atoms with van der Waals surface area (Å²) in [7, 11) is 1.79. The van der Waals surface area contributed by atoms with Crippen LogP contribution in [0.5, 0.6) is 5.75 Å². The molecule has 0 N–H and O–H groups in total. The van der Waals surface area contributed by atoms with E-state index < -0.39 is 0 Å². The molecule has 8 nitrogen and oxygen atoms in total. The number of aryl methyl sites for hydroxylation is 1. The van der Waals surface area contributed by atoms with Crippen LogP contribution in [0.4, 0.5) is 0 Å². The van der Waals surface area contributed by atoms with E-state index >= 15 is 0 Å². The Hall–Kier alpha value is -3.94. The molecule has 0 saturated carbocycles. The summed E-state index contributed by atoms with van der Waals surface area (Å²) in [5, 5.41) is 8.13. The number of hydrogen-bond acceptors (Lipinski definition) is 6. The SMILES string of the molecule is Cn1cc(C(=O)N2CC(Oc3ccccc3-c3nc(-c4ccccc4)no3)C2)cn1. The number of carbonyl (C=O) groups excluding carboxylic acids is 1. The molecule has 1 aliphatic rings. The normalized spacial score (nSPS) is 13.8. The fourth-order valence-electron chi connectivity index (χ4n) is 3.36. The predicted molar refractivity (Wildman–Crippen MR) is 109 cm³/mol. The Morgan fingerprint density at radius 1 is 1.10 bits per heavy atom. The molecule has 4 aromatic rings. The van der Waals surface area contributed by atoms with Crippen molar-refractivity contribution in [1.29, 1.82) is 0 Å². The number of carbonyl (C=O) groups is 1. The van der Waals surface area contributed by atoms with Gasteiger partial charge in [-0.3, -0.25) is 9.48 Å². The van der Waals surface area contributed by atoms with E-state index in [4.69, 9.17) is 9.26 Å². The van der Waals surface area contributed by atoms with Crippen LogP contribution in [0.3, 0.4) is 0 Å². The molecule has 1 aliphatic heterocycles. The molecule has 0 atom stereocenters. The summed E-state index contributed by atoms with van der Waals surface area (Å²) >= 11 is 0. The van der Waals surface area contributed by atoms with Gasteiger partial charge in [-0.25, -0.2) is 0 Å². The monoisotopic (exact) mass is 401 g/mol. The van der Waals surface area contributed by atoms with Crippen molar-refractivity contribution in [3.05, 3.63) is 72.6 Å². The van der Waals surface area contributed by atoms with E-state index in [1.54, 1.807) is 29.0 Å². The van der Waals surface area contributed by atoms with Crippen LogP contribution in [-0.2, 0) is 7.05 Å². The largest absolute Gasteiger partial charge is 0.486 e. The van der Waals surface area contributed by atoms with Gasteiger partial charge in [-0.15, -0.1) is 0 Å². The van der Waals surface area contributed by atoms with E-state index in [9.17, 15) is 4.79 Å². The van der Waals surface area contributed by atoms with Gasteiger partial charge in [0.1, 0.15) is 11.9 Å². The summed E-state index contributed by atoms with van der Waals surface area (Å²) in [5.41, 5.74) is 2.19. The average molecular weight is 401 g/mol. The minimum atomic E-state index is -0.0942. The molecule has 2 aromatic carbocycles. The molecule has 2 aromatic heterocycles. The fraction of sp³-hybridized carbons (Fsp3) is 0.182. The van der Waals surface area contributed by atoms with Crippen LogP contribution in [0, 0.1) is 0 Å². The van der Waals surface area contributed by atoms with Gasteiger partial charge < -0.3 is 14.2 Å². The minimum Gasteiger partial charge on any atom is -0.486 e. The Labute approximate surface area is 172 Å². The van der Waals surface area contributed by atoms with Gasteiger partial charge in [0.05, 0.1) is 30.4 Å². The van der Waals surface area contributed by atoms with Gasteiger partial charge in [0.15, 0.2) is 0 Å². The number of hydrogen-bond donors (Lipinski definition) is 0. The number of likely N-dealkylation sites (tertiary alicyclic amines) is 1. The van der Waals surface area contributed by atoms with Crippen molar-refractivity contribution in [2.45, 2.75) is 6.10 Å². The molecule has 5 rings (SSSR count). The molecule has 8 heteroatoms. The lowest BCUT2D eigenvalue weighted by Gasteiger charge is -2.38. The third kappa shape index (κ3) is 3.43. The minimum absolute atomic E-state index is 0.0411. The first-order chi connectivity index (χ1) is 14.7. The lowest BCUT2D eigenvalue weighted by molar-refractivity contribution is 0.0179. The van der Waals surface area contributed by atoms with E-state index in [2.05, 4.69) is 15.2 Å². The van der Waals surface area contributed by atoms with Crippen LogP contribution in [0.25, 0.3) is 22.8 Å². The zero-order valence-corrected chi connectivity index (χ0v) is 16.3. The number of benzene rings is 2. The van der Waals surface area contributed by atoms with Gasteiger partial charge in [-0.2, -0.15) is 10.1 Å². The Kier molecular flexibility index (Phi) is 4.51. The van der Waals surface area contributed by atoms with Gasteiger partial charge in [0, 0.05) is 18.8 Å². The van der Waals surface area contributed by atoms with Gasteiger partial charge >= 0.3 is 0 Å². The van der Waals surface area contributed by atoms with E-state index in [0.29, 0.717) is 36.1 Å². The van der Waals surface area contributed by atoms with Crippen molar-refractivity contribution >= 4 is 5.91 Å². The van der Waals surface area contributed by atoms with Crippen LogP contribution in [-0.4, -0.2) is 49.9 Å². The number of rotatable bonds is 5. The number of ether oxygens (including phenoxy) is 1. The second kappa shape index (κ2) is 7.47. The lowest BCUT2D eigenvalue weighted by Crippen LogP contribution is -2.56. The van der Waals surface area contributed by atoms with Gasteiger partial charge in [0.25, 0.3) is 11.8 Å². The van der Waals surface area contributed by atoms with Gasteiger partial charge in [-0.1, -0.05) is 47.6 Å². The molecule has 0 radical (unpaired) electrons. The molecule has 0 aliphatic carbocycles. The fourth-order valence-corrected chi connectivity index (χ4v) is 3.36. The highest BCUT2D eigenvalue weighted by molar-refractivity contribution is 5.94. The van der Waals surface area contributed by atoms with Crippen molar-refractivity contribution in [2.24, 2.45) is 7.05 Å². The van der Waals surface area contributed by atoms with Gasteiger partial charge in [-0.05, 0) is 12.1 Å². The molecule has 30 heavy (non-hydrogen) atoms. The van der Waals surface area contributed by atoms with Crippen molar-refractivity contribution in [1.82, 2.24) is 24.8 Å². The Morgan fingerprint density at radius 2 is 1.87 bits per heavy atom. The Morgan fingerprint density at radius 3 is 2.63 bits per heavy atom. The summed E-state index contributed by atoms with van der Waals surface area (Å²) in [4.78, 5) is 18.7. The highest BCUT2D eigenvalue weighted by Gasteiger charge is 2.34. The Balaban J connectivity index is 1.29. The van der Waals surface area contributed by atoms with Crippen LogP contribution < -0.4 is 4.74 Å². The number of amides is 1. The maximum Gasteiger partial charge on any atom is 0.262 e. The topological polar surface area (TPSA) is 86.3 Å². The van der Waals surface area contributed by atoms with E-state index in [1.807, 2.05) is 54.6 Å². The molecule has 3 heterocycles. The Bertz CT molecular complexity index is 1180. The van der Waals surface area contributed by atoms with E-state index in [1.165, 1.54) is 0 Å². The zero-order chi connectivity index (χ0) is 20.5. The number of nitrogens with zero attached hydrogens (tertiary/aromatic N) is 5. The first-order valence-electron chi connectivity index (χ1n) is 9.60. The third-order valence-corrected chi connectivity index (χ3v) is 4.96. The molecule has 0 spiro atoms. The van der Waals surface area contributed by atoms with Crippen LogP contribution >= 0.6 is 0 Å². The second-order valence-corrected chi connectivity index (χ2v) is 7.14. The molecule has 0 unspecified atom stereocenters. The summed E-state index contributed by atoms with van der Waals surface area (Å²) in [6.07, 6.45) is 3.19. The molecule has 1 fully saturated rings. The van der Waals surface area contributed by atoms with Crippen molar-refractivity contribution in [3.63, 3.8) is 0 Å². The number of aromatic nitrogens is 4. The predicted octanol–water partition coefficient (Wildman–Crippen LogP) is 3.04. The van der Waals surface area contributed by atoms with Crippen molar-refractivity contribution < 1.29 is 14.1 Å². The second-order valence-electron chi connectivity index (χ2n) is 7.14. The summed E-state index contributed by atoms with van der Waals surface area (Å²) in [6.45, 7) is 1.03. The summed E-state index contributed by atoms with van der Waals surface area (Å²) in [5.74, 6) is 1.53. The van der Waals surface area contributed by atoms with Crippen molar-refractivity contribution in [2.75, 3.05) is 13.1 Å². The van der Waals surface area contributed by atoms with Crippen molar-refractivity contribution in [3.8, 4) is 28.6 Å². The maximum atomic E-state index is 12.4. The molecule has 1 amide bonds. The molecule has 1 saturated heterocycles. The first-order valence-corrected chi connectivity index (χ1v) is 9.60.